The van der Waals surface area contributed by atoms with Gasteiger partial charge in [0.1, 0.15) is 4.21 Å². The zero-order valence-electron chi connectivity index (χ0n) is 8.05. The molecule has 0 radical (unpaired) electrons. The molecule has 0 aromatic carbocycles. The van der Waals surface area contributed by atoms with Crippen LogP contribution in [0.25, 0.3) is 0 Å². The molecule has 0 saturated carbocycles. The molecule has 0 fully saturated rings. The fraction of sp³-hybridized carbons (Fsp3) is 0.143. The highest BCUT2D eigenvalue weighted by Gasteiger charge is 2.19. The number of thiophene rings is 1. The van der Waals surface area contributed by atoms with Gasteiger partial charge in [0.15, 0.2) is 5.82 Å². The van der Waals surface area contributed by atoms with Gasteiger partial charge < -0.3 is 4.52 Å². The molecule has 0 spiro atoms. The summed E-state index contributed by atoms with van der Waals surface area (Å²) in [6.07, 6.45) is 1.13. The minimum atomic E-state index is -3.61. The van der Waals surface area contributed by atoms with Crippen LogP contribution in [0.1, 0.15) is 5.82 Å². The van der Waals surface area contributed by atoms with Crippen LogP contribution in [0.3, 0.4) is 0 Å². The van der Waals surface area contributed by atoms with E-state index in [0.717, 1.165) is 17.7 Å². The predicted molar refractivity (Wildman–Crippen MR) is 65.4 cm³/mol. The summed E-state index contributed by atoms with van der Waals surface area (Å²) in [6.45, 7) is -0.0357. The lowest BCUT2D eigenvalue weighted by molar-refractivity contribution is 0.409. The Kier molecular flexibility index (Phi) is 3.83. The van der Waals surface area contributed by atoms with Gasteiger partial charge in [-0.3, -0.25) is 0 Å². The van der Waals surface area contributed by atoms with Gasteiger partial charge in [-0.15, -0.1) is 11.3 Å². The van der Waals surface area contributed by atoms with Gasteiger partial charge in [-0.05, 0) is 22.0 Å². The summed E-state index contributed by atoms with van der Waals surface area (Å²) in [5.74, 6) is 0.260. The first kappa shape index (κ1) is 13.0. The third kappa shape index (κ3) is 3.05. The number of sulfonamides is 1. The van der Waals surface area contributed by atoms with Crippen LogP contribution in [-0.2, 0) is 16.6 Å². The minimum absolute atomic E-state index is 0.0357. The van der Waals surface area contributed by atoms with Crippen LogP contribution in [0.15, 0.2) is 25.0 Å². The zero-order chi connectivity index (χ0) is 12.5. The maximum Gasteiger partial charge on any atom is 0.250 e. The van der Waals surface area contributed by atoms with Gasteiger partial charge in [-0.2, -0.15) is 4.98 Å². The first-order chi connectivity index (χ1) is 7.99. The molecule has 0 bridgehead atoms. The molecule has 2 aromatic heterocycles. The van der Waals surface area contributed by atoms with Crippen molar-refractivity contribution in [2.75, 3.05) is 0 Å². The van der Waals surface area contributed by atoms with Gasteiger partial charge in [-0.1, -0.05) is 16.8 Å². The van der Waals surface area contributed by atoms with Gasteiger partial charge in [0.2, 0.25) is 6.39 Å². The normalized spacial score (nSPS) is 11.9. The highest BCUT2D eigenvalue weighted by molar-refractivity contribution is 9.11. The van der Waals surface area contributed by atoms with Crippen LogP contribution in [0.5, 0.6) is 0 Å². The van der Waals surface area contributed by atoms with Crippen molar-refractivity contribution in [1.29, 1.82) is 0 Å². The molecule has 17 heavy (non-hydrogen) atoms. The standard InChI is InChI=1S/C7H5BrClN3O3S2/c8-7-4(9)1-6(16-7)17(13,14)11-2-5-10-3-15-12-5/h1,3,11H,2H2. The van der Waals surface area contributed by atoms with Gasteiger partial charge in [-0.25, -0.2) is 13.1 Å². The Morgan fingerprint density at radius 3 is 2.88 bits per heavy atom. The highest BCUT2D eigenvalue weighted by atomic mass is 79.9. The second-order valence-corrected chi connectivity index (χ2v) is 7.63. The van der Waals surface area contributed by atoms with Crippen LogP contribution in [0.2, 0.25) is 5.02 Å². The van der Waals surface area contributed by atoms with E-state index in [1.807, 2.05) is 0 Å². The molecule has 10 heteroatoms. The SMILES string of the molecule is O=S(=O)(NCc1ncon1)c1cc(Cl)c(Br)s1. The third-order valence-electron chi connectivity index (χ3n) is 1.71. The fourth-order valence-electron chi connectivity index (χ4n) is 0.960. The molecule has 0 aliphatic carbocycles. The van der Waals surface area contributed by atoms with Crippen LogP contribution in [-0.4, -0.2) is 18.6 Å². The number of nitrogens with zero attached hydrogens (tertiary/aromatic N) is 2. The van der Waals surface area contributed by atoms with E-state index in [1.54, 1.807) is 0 Å². The molecule has 92 valence electrons. The Balaban J connectivity index is 2.14. The molecule has 6 nitrogen and oxygen atoms in total. The summed E-state index contributed by atoms with van der Waals surface area (Å²) >= 11 is 9.95. The highest BCUT2D eigenvalue weighted by Crippen LogP contribution is 2.34. The summed E-state index contributed by atoms with van der Waals surface area (Å²) in [5.41, 5.74) is 0. The first-order valence-corrected chi connectivity index (χ1v) is 7.66. The quantitative estimate of drug-likeness (QED) is 0.904. The Hall–Kier alpha value is -0.480. The van der Waals surface area contributed by atoms with E-state index in [2.05, 4.69) is 35.3 Å². The molecular formula is C7H5BrClN3O3S2. The maximum absolute atomic E-state index is 11.8. The molecule has 0 aliphatic heterocycles. The molecule has 2 rings (SSSR count). The average Bonchev–Trinajstić information content (AvgIpc) is 2.87. The van der Waals surface area contributed by atoms with Crippen molar-refractivity contribution in [3.8, 4) is 0 Å². The minimum Gasteiger partial charge on any atom is -0.343 e. The summed E-state index contributed by atoms with van der Waals surface area (Å²) < 4.78 is 31.2. The van der Waals surface area contributed by atoms with Crippen LogP contribution >= 0.6 is 38.9 Å². The van der Waals surface area contributed by atoms with E-state index in [-0.39, 0.29) is 16.6 Å². The summed E-state index contributed by atoms with van der Waals surface area (Å²) in [6, 6.07) is 1.37. The van der Waals surface area contributed by atoms with E-state index in [4.69, 9.17) is 11.6 Å². The lowest BCUT2D eigenvalue weighted by Gasteiger charge is -2.00. The van der Waals surface area contributed by atoms with E-state index in [1.165, 1.54) is 6.07 Å². The van der Waals surface area contributed by atoms with Gasteiger partial charge in [0.05, 0.1) is 15.4 Å². The number of hydrogen-bond acceptors (Lipinski definition) is 6. The van der Waals surface area contributed by atoms with E-state index in [9.17, 15) is 8.42 Å². The second-order valence-electron chi connectivity index (χ2n) is 2.86. The van der Waals surface area contributed by atoms with Crippen molar-refractivity contribution in [2.45, 2.75) is 10.8 Å². The predicted octanol–water partition coefficient (Wildman–Crippen LogP) is 2.03. The smallest absolute Gasteiger partial charge is 0.250 e. The average molecular weight is 359 g/mol. The van der Waals surface area contributed by atoms with Gasteiger partial charge >= 0.3 is 0 Å². The lowest BCUT2D eigenvalue weighted by atomic mass is 10.6. The summed E-state index contributed by atoms with van der Waals surface area (Å²) in [7, 11) is -3.61. The molecule has 0 amide bonds. The number of aromatic nitrogens is 2. The summed E-state index contributed by atoms with van der Waals surface area (Å²) in [5, 5.41) is 3.85. The van der Waals surface area contributed by atoms with Crippen molar-refractivity contribution < 1.29 is 12.9 Å². The van der Waals surface area contributed by atoms with E-state index >= 15 is 0 Å². The molecule has 0 atom stereocenters. The molecular weight excluding hydrogens is 354 g/mol. The third-order valence-corrected chi connectivity index (χ3v) is 6.06. The number of hydrogen-bond donors (Lipinski definition) is 1. The van der Waals surface area contributed by atoms with Crippen molar-refractivity contribution in [3.05, 3.63) is 27.1 Å². The van der Waals surface area contributed by atoms with Crippen LogP contribution in [0, 0.1) is 0 Å². The van der Waals surface area contributed by atoms with Crippen molar-refractivity contribution >= 4 is 48.9 Å². The lowest BCUT2D eigenvalue weighted by Crippen LogP contribution is -2.22. The van der Waals surface area contributed by atoms with E-state index < -0.39 is 10.0 Å². The number of rotatable bonds is 4. The Morgan fingerprint density at radius 1 is 1.59 bits per heavy atom. The topological polar surface area (TPSA) is 85.1 Å². The summed E-state index contributed by atoms with van der Waals surface area (Å²) in [4.78, 5) is 3.70. The first-order valence-electron chi connectivity index (χ1n) is 4.19. The maximum atomic E-state index is 11.8. The van der Waals surface area contributed by atoms with E-state index in [0.29, 0.717) is 8.81 Å². The largest absolute Gasteiger partial charge is 0.343 e. The zero-order valence-corrected chi connectivity index (χ0v) is 12.0. The van der Waals surface area contributed by atoms with Crippen LogP contribution in [0.4, 0.5) is 0 Å². The molecule has 0 unspecified atom stereocenters. The molecule has 1 N–H and O–H groups in total. The monoisotopic (exact) mass is 357 g/mol. The number of nitrogens with one attached hydrogen (secondary N) is 1. The Labute approximate surface area is 114 Å². The molecule has 0 saturated heterocycles. The van der Waals surface area contributed by atoms with Crippen molar-refractivity contribution in [3.63, 3.8) is 0 Å². The number of halogens is 2. The second kappa shape index (κ2) is 5.02. The Bertz CT molecular complexity index is 591. The van der Waals surface area contributed by atoms with Crippen molar-refractivity contribution in [1.82, 2.24) is 14.9 Å². The van der Waals surface area contributed by atoms with Gasteiger partial charge in [0, 0.05) is 0 Å². The molecule has 2 heterocycles. The van der Waals surface area contributed by atoms with Crippen molar-refractivity contribution in [2.24, 2.45) is 0 Å². The molecule has 2 aromatic rings. The fourth-order valence-corrected chi connectivity index (χ4v) is 4.38. The van der Waals surface area contributed by atoms with Crippen LogP contribution < -0.4 is 4.72 Å². The Morgan fingerprint density at radius 2 is 2.35 bits per heavy atom. The molecule has 0 aliphatic rings. The van der Waals surface area contributed by atoms with Gasteiger partial charge in [0.25, 0.3) is 10.0 Å².